The summed E-state index contributed by atoms with van der Waals surface area (Å²) in [5.74, 6) is -0.226. The first-order valence-corrected chi connectivity index (χ1v) is 11.7. The van der Waals surface area contributed by atoms with Crippen molar-refractivity contribution >= 4 is 17.9 Å². The molecule has 7 heteroatoms. The molecule has 1 saturated heterocycles. The first kappa shape index (κ1) is 22.0. The van der Waals surface area contributed by atoms with Gasteiger partial charge in [0, 0.05) is 42.0 Å². The fourth-order valence-corrected chi connectivity index (χ4v) is 4.28. The van der Waals surface area contributed by atoms with Gasteiger partial charge in [0.2, 0.25) is 5.79 Å². The van der Waals surface area contributed by atoms with E-state index in [-0.39, 0.29) is 11.9 Å². The minimum atomic E-state index is -0.738. The van der Waals surface area contributed by atoms with Crippen LogP contribution in [-0.4, -0.2) is 41.7 Å². The van der Waals surface area contributed by atoms with Crippen molar-refractivity contribution in [1.82, 2.24) is 4.90 Å². The van der Waals surface area contributed by atoms with Crippen LogP contribution in [0.3, 0.4) is 0 Å². The first-order chi connectivity index (χ1) is 14.7. The first-order valence-electron chi connectivity index (χ1n) is 10.5. The van der Waals surface area contributed by atoms with Crippen LogP contribution < -0.4 is 4.74 Å². The number of rotatable bonds is 2. The van der Waals surface area contributed by atoms with Gasteiger partial charge in [-0.2, -0.15) is 0 Å². The zero-order chi connectivity index (χ0) is 22.2. The van der Waals surface area contributed by atoms with E-state index in [2.05, 4.69) is 0 Å². The van der Waals surface area contributed by atoms with E-state index in [9.17, 15) is 9.18 Å². The molecule has 0 unspecified atom stereocenters. The maximum absolute atomic E-state index is 14.5. The molecular weight excluding hydrogens is 417 g/mol. The van der Waals surface area contributed by atoms with Gasteiger partial charge in [-0.1, -0.05) is 12.1 Å². The molecule has 0 aliphatic carbocycles. The highest BCUT2D eigenvalue weighted by atomic mass is 32.2. The van der Waals surface area contributed by atoms with Crippen LogP contribution in [0.4, 0.5) is 9.18 Å². The van der Waals surface area contributed by atoms with Crippen LogP contribution in [0.2, 0.25) is 0 Å². The SMILES string of the molecule is CSc1ccc(-c2ccc3c(c2)COC2(CCN(C(=O)OC(C)(C)C)CC2)O3)c(F)c1. The number of benzene rings is 2. The Morgan fingerprint density at radius 3 is 2.55 bits per heavy atom. The van der Waals surface area contributed by atoms with Crippen molar-refractivity contribution in [2.45, 2.75) is 56.5 Å². The fourth-order valence-electron chi connectivity index (χ4n) is 3.86. The molecule has 4 rings (SSSR count). The number of likely N-dealkylation sites (tertiary alicyclic amines) is 1. The topological polar surface area (TPSA) is 48.0 Å². The highest BCUT2D eigenvalue weighted by Gasteiger charge is 2.42. The number of amides is 1. The number of carbonyl (C=O) groups is 1. The molecule has 166 valence electrons. The van der Waals surface area contributed by atoms with Crippen molar-refractivity contribution in [2.75, 3.05) is 19.3 Å². The summed E-state index contributed by atoms with van der Waals surface area (Å²) in [7, 11) is 0. The number of hydrogen-bond acceptors (Lipinski definition) is 5. The second-order valence-corrected chi connectivity index (χ2v) is 9.82. The molecule has 31 heavy (non-hydrogen) atoms. The van der Waals surface area contributed by atoms with Crippen LogP contribution in [0.25, 0.3) is 11.1 Å². The average Bonchev–Trinajstić information content (AvgIpc) is 2.72. The number of thioether (sulfide) groups is 1. The van der Waals surface area contributed by atoms with Crippen molar-refractivity contribution in [1.29, 1.82) is 0 Å². The predicted octanol–water partition coefficient (Wildman–Crippen LogP) is 5.85. The largest absolute Gasteiger partial charge is 0.462 e. The smallest absolute Gasteiger partial charge is 0.410 e. The van der Waals surface area contributed by atoms with Crippen LogP contribution in [-0.2, 0) is 16.1 Å². The number of halogens is 1. The quantitative estimate of drug-likeness (QED) is 0.543. The number of carbonyl (C=O) groups excluding carboxylic acids is 1. The number of ether oxygens (including phenoxy) is 3. The maximum Gasteiger partial charge on any atom is 0.410 e. The van der Waals surface area contributed by atoms with E-state index in [0.717, 1.165) is 21.8 Å². The molecule has 1 fully saturated rings. The third kappa shape index (κ3) is 4.83. The molecule has 2 aromatic carbocycles. The molecule has 0 radical (unpaired) electrons. The van der Waals surface area contributed by atoms with Crippen LogP contribution >= 0.6 is 11.8 Å². The molecule has 0 aromatic heterocycles. The number of piperidine rings is 1. The second-order valence-electron chi connectivity index (χ2n) is 8.94. The Morgan fingerprint density at radius 1 is 1.16 bits per heavy atom. The van der Waals surface area contributed by atoms with E-state index in [1.807, 2.05) is 51.3 Å². The van der Waals surface area contributed by atoms with Crippen molar-refractivity contribution in [3.63, 3.8) is 0 Å². The lowest BCUT2D eigenvalue weighted by molar-refractivity contribution is -0.226. The Hall–Kier alpha value is -2.25. The molecule has 0 N–H and O–H groups in total. The third-order valence-corrected chi connectivity index (χ3v) is 6.24. The highest BCUT2D eigenvalue weighted by molar-refractivity contribution is 7.98. The second kappa shape index (κ2) is 8.36. The zero-order valence-electron chi connectivity index (χ0n) is 18.4. The minimum absolute atomic E-state index is 0.240. The molecule has 2 aliphatic rings. The molecular formula is C24H28FNO4S. The van der Waals surface area contributed by atoms with E-state index >= 15 is 0 Å². The Bertz CT molecular complexity index is 980. The summed E-state index contributed by atoms with van der Waals surface area (Å²) >= 11 is 1.51. The standard InChI is InChI=1S/C24H28FNO4S/c1-23(2,3)30-22(27)26-11-9-24(10-12-26)28-15-17-13-16(5-8-21(17)29-24)19-7-6-18(31-4)14-20(19)25/h5-8,13-14H,9-12,15H2,1-4H3. The Kier molecular flexibility index (Phi) is 5.92. The summed E-state index contributed by atoms with van der Waals surface area (Å²) in [5.41, 5.74) is 1.74. The van der Waals surface area contributed by atoms with E-state index in [4.69, 9.17) is 14.2 Å². The van der Waals surface area contributed by atoms with Gasteiger partial charge in [-0.3, -0.25) is 0 Å². The van der Waals surface area contributed by atoms with E-state index < -0.39 is 11.4 Å². The Balaban J connectivity index is 1.45. The molecule has 1 amide bonds. The summed E-state index contributed by atoms with van der Waals surface area (Å²) in [5, 5.41) is 0. The predicted molar refractivity (Wildman–Crippen MR) is 119 cm³/mol. The van der Waals surface area contributed by atoms with Crippen molar-refractivity contribution in [2.24, 2.45) is 0 Å². The summed E-state index contributed by atoms with van der Waals surface area (Å²) in [6.45, 7) is 6.98. The summed E-state index contributed by atoms with van der Waals surface area (Å²) in [6, 6.07) is 11.0. The van der Waals surface area contributed by atoms with Crippen LogP contribution in [0.15, 0.2) is 41.3 Å². The Morgan fingerprint density at radius 2 is 1.90 bits per heavy atom. The number of nitrogens with zero attached hydrogens (tertiary/aromatic N) is 1. The van der Waals surface area contributed by atoms with Gasteiger partial charge in [-0.25, -0.2) is 9.18 Å². The van der Waals surface area contributed by atoms with Crippen molar-refractivity contribution in [3.8, 4) is 16.9 Å². The third-order valence-electron chi connectivity index (χ3n) is 5.51. The normalized spacial score (nSPS) is 17.8. The molecule has 2 aromatic rings. The summed E-state index contributed by atoms with van der Waals surface area (Å²) < 4.78 is 32.4. The van der Waals surface area contributed by atoms with E-state index in [0.29, 0.717) is 38.1 Å². The van der Waals surface area contributed by atoms with Gasteiger partial charge in [0.25, 0.3) is 0 Å². The van der Waals surface area contributed by atoms with Gasteiger partial charge in [-0.05, 0) is 56.9 Å². The molecule has 0 saturated carbocycles. The summed E-state index contributed by atoms with van der Waals surface area (Å²) in [4.78, 5) is 14.9. The number of fused-ring (bicyclic) bond motifs is 1. The fraction of sp³-hybridized carbons (Fsp3) is 0.458. The zero-order valence-corrected chi connectivity index (χ0v) is 19.2. The van der Waals surface area contributed by atoms with Crippen LogP contribution in [0, 0.1) is 5.82 Å². The minimum Gasteiger partial charge on any atom is -0.462 e. The van der Waals surface area contributed by atoms with Gasteiger partial charge in [-0.15, -0.1) is 11.8 Å². The van der Waals surface area contributed by atoms with Crippen LogP contribution in [0.5, 0.6) is 5.75 Å². The van der Waals surface area contributed by atoms with Gasteiger partial charge in [0.15, 0.2) is 0 Å². The molecule has 0 atom stereocenters. The van der Waals surface area contributed by atoms with E-state index in [1.54, 1.807) is 17.0 Å². The van der Waals surface area contributed by atoms with Gasteiger partial charge in [0.05, 0.1) is 6.61 Å². The monoisotopic (exact) mass is 445 g/mol. The summed E-state index contributed by atoms with van der Waals surface area (Å²) in [6.07, 6.45) is 2.75. The molecule has 1 spiro atoms. The number of hydrogen-bond donors (Lipinski definition) is 0. The Labute approximate surface area is 186 Å². The van der Waals surface area contributed by atoms with E-state index in [1.165, 1.54) is 11.8 Å². The van der Waals surface area contributed by atoms with Gasteiger partial charge < -0.3 is 19.1 Å². The molecule has 5 nitrogen and oxygen atoms in total. The van der Waals surface area contributed by atoms with Crippen LogP contribution in [0.1, 0.15) is 39.2 Å². The van der Waals surface area contributed by atoms with Gasteiger partial charge >= 0.3 is 6.09 Å². The maximum atomic E-state index is 14.5. The van der Waals surface area contributed by atoms with Crippen molar-refractivity contribution < 1.29 is 23.4 Å². The molecule has 2 heterocycles. The van der Waals surface area contributed by atoms with Gasteiger partial charge in [0.1, 0.15) is 17.2 Å². The highest BCUT2D eigenvalue weighted by Crippen LogP contribution is 2.39. The average molecular weight is 446 g/mol. The lowest BCUT2D eigenvalue weighted by atomic mass is 9.99. The lowest BCUT2D eigenvalue weighted by Gasteiger charge is -2.44. The lowest BCUT2D eigenvalue weighted by Crippen LogP contribution is -2.53. The molecule has 0 bridgehead atoms. The van der Waals surface area contributed by atoms with Crippen molar-refractivity contribution in [3.05, 3.63) is 47.8 Å². The molecule has 2 aliphatic heterocycles.